The van der Waals surface area contributed by atoms with E-state index in [2.05, 4.69) is 10.1 Å². The number of nitrogens with zero attached hydrogens (tertiary/aromatic N) is 3. The zero-order chi connectivity index (χ0) is 15.7. The Morgan fingerprint density at radius 2 is 1.86 bits per heavy atom. The fourth-order valence-electron chi connectivity index (χ4n) is 2.07. The third-order valence-corrected chi connectivity index (χ3v) is 3.16. The summed E-state index contributed by atoms with van der Waals surface area (Å²) in [4.78, 5) is 4.08. The van der Waals surface area contributed by atoms with Crippen molar-refractivity contribution in [3.8, 4) is 5.88 Å². The number of halogens is 3. The van der Waals surface area contributed by atoms with E-state index in [-0.39, 0.29) is 6.61 Å². The Morgan fingerprint density at radius 1 is 1.14 bits per heavy atom. The van der Waals surface area contributed by atoms with Crippen LogP contribution in [0.2, 0.25) is 0 Å². The summed E-state index contributed by atoms with van der Waals surface area (Å²) in [6.45, 7) is 2.05. The average molecular weight is 307 g/mol. The van der Waals surface area contributed by atoms with Gasteiger partial charge in [0, 0.05) is 6.07 Å². The van der Waals surface area contributed by atoms with Crippen LogP contribution >= 0.6 is 0 Å². The van der Waals surface area contributed by atoms with Gasteiger partial charge in [0.1, 0.15) is 12.9 Å². The van der Waals surface area contributed by atoms with Gasteiger partial charge in [0.05, 0.1) is 5.56 Å². The first-order valence-electron chi connectivity index (χ1n) is 6.53. The molecule has 0 aliphatic carbocycles. The van der Waals surface area contributed by atoms with Crippen LogP contribution in [0.4, 0.5) is 13.2 Å². The van der Waals surface area contributed by atoms with E-state index in [1.54, 1.807) is 6.07 Å². The number of pyridine rings is 1. The maximum absolute atomic E-state index is 12.5. The molecule has 4 nitrogen and oxygen atoms in total. The summed E-state index contributed by atoms with van der Waals surface area (Å²) in [6.07, 6.45) is -2.91. The predicted octanol–water partition coefficient (Wildman–Crippen LogP) is 3.64. The zero-order valence-corrected chi connectivity index (χ0v) is 11.6. The summed E-state index contributed by atoms with van der Waals surface area (Å²) in [5.41, 5.74) is 1.58. The topological polar surface area (TPSA) is 39.4 Å². The molecule has 0 aliphatic rings. The van der Waals surface area contributed by atoms with Gasteiger partial charge in [0.15, 0.2) is 5.65 Å². The van der Waals surface area contributed by atoms with Gasteiger partial charge in [-0.25, -0.2) is 4.98 Å². The molecule has 2 aromatic heterocycles. The molecule has 0 N–H and O–H groups in total. The molecule has 0 saturated carbocycles. The molecule has 0 fully saturated rings. The minimum Gasteiger partial charge on any atom is -0.473 e. The molecule has 0 atom stereocenters. The summed E-state index contributed by atoms with van der Waals surface area (Å²) >= 11 is 0. The zero-order valence-electron chi connectivity index (χ0n) is 11.6. The molecule has 0 radical (unpaired) electrons. The molecular formula is C15H12F3N3O. The van der Waals surface area contributed by atoms with Crippen molar-refractivity contribution in [2.75, 3.05) is 0 Å². The van der Waals surface area contributed by atoms with E-state index in [4.69, 9.17) is 4.74 Å². The van der Waals surface area contributed by atoms with E-state index in [1.807, 2.05) is 13.0 Å². The minimum absolute atomic E-state index is 0.149. The quantitative estimate of drug-likeness (QED) is 0.741. The molecule has 22 heavy (non-hydrogen) atoms. The second-order valence-electron chi connectivity index (χ2n) is 4.88. The van der Waals surface area contributed by atoms with Gasteiger partial charge < -0.3 is 4.74 Å². The molecule has 0 bridgehead atoms. The van der Waals surface area contributed by atoms with Crippen molar-refractivity contribution < 1.29 is 17.9 Å². The average Bonchev–Trinajstić information content (AvgIpc) is 2.92. The van der Waals surface area contributed by atoms with Gasteiger partial charge in [-0.3, -0.25) is 0 Å². The third-order valence-electron chi connectivity index (χ3n) is 3.16. The lowest BCUT2D eigenvalue weighted by Gasteiger charge is -2.10. The largest absolute Gasteiger partial charge is 0.473 e. The molecule has 1 aromatic carbocycles. The maximum Gasteiger partial charge on any atom is 0.416 e. The summed E-state index contributed by atoms with van der Waals surface area (Å²) in [6, 6.07) is 8.54. The second kappa shape index (κ2) is 5.32. The molecule has 114 valence electrons. The molecule has 7 heteroatoms. The fraction of sp³-hybridized carbons (Fsp3) is 0.200. The lowest BCUT2D eigenvalue weighted by atomic mass is 10.1. The fourth-order valence-corrected chi connectivity index (χ4v) is 2.07. The number of alkyl halides is 3. The number of fused-ring (bicyclic) bond motifs is 1. The lowest BCUT2D eigenvalue weighted by Crippen LogP contribution is -2.06. The SMILES string of the molecule is Cc1cc(OCc2ccc(C(F)(F)F)cc2)n2ncnc2c1. The summed E-state index contributed by atoms with van der Waals surface area (Å²) in [5.74, 6) is 0.493. The Balaban J connectivity index is 1.78. The first kappa shape index (κ1) is 14.4. The molecule has 0 aliphatic heterocycles. The Morgan fingerprint density at radius 3 is 2.55 bits per heavy atom. The number of rotatable bonds is 3. The first-order valence-corrected chi connectivity index (χ1v) is 6.53. The molecule has 0 unspecified atom stereocenters. The molecule has 2 heterocycles. The van der Waals surface area contributed by atoms with Crippen LogP contribution in [0.15, 0.2) is 42.7 Å². The minimum atomic E-state index is -4.33. The second-order valence-corrected chi connectivity index (χ2v) is 4.88. The number of hydrogen-bond acceptors (Lipinski definition) is 3. The summed E-state index contributed by atoms with van der Waals surface area (Å²) in [5, 5.41) is 4.05. The van der Waals surface area contributed by atoms with Crippen molar-refractivity contribution in [3.05, 3.63) is 59.4 Å². The van der Waals surface area contributed by atoms with Crippen LogP contribution in [-0.2, 0) is 12.8 Å². The van der Waals surface area contributed by atoms with Crippen LogP contribution < -0.4 is 4.74 Å². The number of aromatic nitrogens is 3. The van der Waals surface area contributed by atoms with Gasteiger partial charge in [-0.1, -0.05) is 12.1 Å². The van der Waals surface area contributed by atoms with Gasteiger partial charge in [-0.2, -0.15) is 22.8 Å². The van der Waals surface area contributed by atoms with E-state index in [9.17, 15) is 13.2 Å². The van der Waals surface area contributed by atoms with E-state index in [0.29, 0.717) is 17.1 Å². The van der Waals surface area contributed by atoms with Crippen molar-refractivity contribution in [2.24, 2.45) is 0 Å². The lowest BCUT2D eigenvalue weighted by molar-refractivity contribution is -0.137. The molecule has 0 amide bonds. The Bertz CT molecular complexity index is 794. The number of ether oxygens (including phenoxy) is 1. The van der Waals surface area contributed by atoms with Crippen LogP contribution in [0.3, 0.4) is 0 Å². The van der Waals surface area contributed by atoms with E-state index < -0.39 is 11.7 Å². The van der Waals surface area contributed by atoms with Gasteiger partial charge >= 0.3 is 6.18 Å². The standard InChI is InChI=1S/C15H12F3N3O/c1-10-6-13-19-9-20-21(13)14(7-10)22-8-11-2-4-12(5-3-11)15(16,17)18/h2-7,9H,8H2,1H3. The van der Waals surface area contributed by atoms with Gasteiger partial charge in [-0.05, 0) is 36.2 Å². The monoisotopic (exact) mass is 307 g/mol. The highest BCUT2D eigenvalue weighted by Gasteiger charge is 2.29. The van der Waals surface area contributed by atoms with E-state index in [1.165, 1.54) is 23.0 Å². The number of benzene rings is 1. The Kier molecular flexibility index (Phi) is 3.48. The van der Waals surface area contributed by atoms with Crippen molar-refractivity contribution in [1.82, 2.24) is 14.6 Å². The van der Waals surface area contributed by atoms with Crippen LogP contribution in [-0.4, -0.2) is 14.6 Å². The molecule has 3 aromatic rings. The predicted molar refractivity (Wildman–Crippen MR) is 73.5 cm³/mol. The third kappa shape index (κ3) is 2.88. The van der Waals surface area contributed by atoms with Gasteiger partial charge in [0.2, 0.25) is 5.88 Å². The molecular weight excluding hydrogens is 295 g/mol. The van der Waals surface area contributed by atoms with E-state index >= 15 is 0 Å². The van der Waals surface area contributed by atoms with Crippen LogP contribution in [0.5, 0.6) is 5.88 Å². The van der Waals surface area contributed by atoms with Crippen molar-refractivity contribution >= 4 is 5.65 Å². The van der Waals surface area contributed by atoms with Crippen LogP contribution in [0, 0.1) is 6.92 Å². The normalized spacial score (nSPS) is 11.8. The van der Waals surface area contributed by atoms with Crippen molar-refractivity contribution in [3.63, 3.8) is 0 Å². The Labute approximate surface area is 124 Å². The van der Waals surface area contributed by atoms with Gasteiger partial charge in [0.25, 0.3) is 0 Å². The smallest absolute Gasteiger partial charge is 0.416 e. The Hall–Kier alpha value is -2.57. The van der Waals surface area contributed by atoms with Gasteiger partial charge in [-0.15, -0.1) is 0 Å². The van der Waals surface area contributed by atoms with Crippen LogP contribution in [0.25, 0.3) is 5.65 Å². The maximum atomic E-state index is 12.5. The van der Waals surface area contributed by atoms with Crippen molar-refractivity contribution in [1.29, 1.82) is 0 Å². The summed E-state index contributed by atoms with van der Waals surface area (Å²) in [7, 11) is 0. The van der Waals surface area contributed by atoms with Crippen LogP contribution in [0.1, 0.15) is 16.7 Å². The highest BCUT2D eigenvalue weighted by molar-refractivity contribution is 5.43. The molecule has 0 spiro atoms. The van der Waals surface area contributed by atoms with E-state index in [0.717, 1.165) is 17.7 Å². The first-order chi connectivity index (χ1) is 10.4. The number of hydrogen-bond donors (Lipinski definition) is 0. The highest BCUT2D eigenvalue weighted by Crippen LogP contribution is 2.29. The number of aryl methyl sites for hydroxylation is 1. The molecule has 0 saturated heterocycles. The molecule has 3 rings (SSSR count). The summed E-state index contributed by atoms with van der Waals surface area (Å²) < 4.78 is 44.7. The van der Waals surface area contributed by atoms with Crippen molar-refractivity contribution in [2.45, 2.75) is 19.7 Å². The highest BCUT2D eigenvalue weighted by atomic mass is 19.4.